The van der Waals surface area contributed by atoms with Gasteiger partial charge in [-0.25, -0.2) is 0 Å². The third kappa shape index (κ3) is 11.2. The second kappa shape index (κ2) is 13.8. The summed E-state index contributed by atoms with van der Waals surface area (Å²) in [4.78, 5) is 0. The molecule has 0 aliphatic rings. The number of rotatable bonds is 1. The van der Waals surface area contributed by atoms with E-state index in [9.17, 15) is 0 Å². The lowest BCUT2D eigenvalue weighted by atomic mass is 10.2. The van der Waals surface area contributed by atoms with Crippen molar-refractivity contribution in [1.82, 2.24) is 0 Å². The third-order valence-electron chi connectivity index (χ3n) is 1.25. The predicted molar refractivity (Wildman–Crippen MR) is 63.1 cm³/mol. The van der Waals surface area contributed by atoms with Crippen LogP contribution < -0.4 is 0 Å². The molecule has 0 heterocycles. The van der Waals surface area contributed by atoms with Gasteiger partial charge >= 0.3 is 0 Å². The lowest BCUT2D eigenvalue weighted by Crippen LogP contribution is -1.73. The van der Waals surface area contributed by atoms with Crippen molar-refractivity contribution in [2.24, 2.45) is 0 Å². The van der Waals surface area contributed by atoms with Gasteiger partial charge in [-0.3, -0.25) is 0 Å². The van der Waals surface area contributed by atoms with E-state index in [1.807, 2.05) is 19.9 Å². The van der Waals surface area contributed by atoms with Gasteiger partial charge in [-0.05, 0) is 12.0 Å². The summed E-state index contributed by atoms with van der Waals surface area (Å²) >= 11 is 0. The van der Waals surface area contributed by atoms with Gasteiger partial charge < -0.3 is 0 Å². The van der Waals surface area contributed by atoms with Gasteiger partial charge in [0, 0.05) is 0 Å². The Kier molecular flexibility index (Phi) is 15.6. The fourth-order valence-electron chi connectivity index (χ4n) is 0.714. The summed E-state index contributed by atoms with van der Waals surface area (Å²) in [6.45, 7) is 10.4. The van der Waals surface area contributed by atoms with E-state index in [-0.39, 0.29) is 0 Å². The smallest absolute Gasteiger partial charge is 0.0307 e. The average Bonchev–Trinajstić information content (AvgIpc) is 2.23. The van der Waals surface area contributed by atoms with Gasteiger partial charge in [-0.1, -0.05) is 71.4 Å². The molecule has 0 nitrogen and oxygen atoms in total. The summed E-state index contributed by atoms with van der Waals surface area (Å²) in [5.74, 6) is 0. The van der Waals surface area contributed by atoms with E-state index in [0.717, 1.165) is 6.42 Å². The Morgan fingerprint density at radius 1 is 0.846 bits per heavy atom. The van der Waals surface area contributed by atoms with Crippen molar-refractivity contribution in [3.63, 3.8) is 0 Å². The van der Waals surface area contributed by atoms with E-state index < -0.39 is 0 Å². The van der Waals surface area contributed by atoms with Gasteiger partial charge in [0.1, 0.15) is 0 Å². The lowest BCUT2D eigenvalue weighted by Gasteiger charge is -1.89. The largest absolute Gasteiger partial charge is 0.0683 e. The Balaban J connectivity index is 0. The van der Waals surface area contributed by atoms with Crippen LogP contribution >= 0.6 is 0 Å². The van der Waals surface area contributed by atoms with Gasteiger partial charge in [0.25, 0.3) is 0 Å². The average molecular weight is 180 g/mol. The second-order valence-corrected chi connectivity index (χ2v) is 2.55. The maximum atomic E-state index is 2.16. The molecule has 1 rings (SSSR count). The summed E-state index contributed by atoms with van der Waals surface area (Å²) in [7, 11) is 0. The molecule has 0 saturated carbocycles. The minimum absolute atomic E-state index is 1.14. The first kappa shape index (κ1) is 14.7. The number of aryl methyl sites for hydroxylation is 1. The minimum Gasteiger partial charge on any atom is -0.0683 e. The van der Waals surface area contributed by atoms with E-state index in [0.29, 0.717) is 0 Å². The van der Waals surface area contributed by atoms with Crippen molar-refractivity contribution in [3.05, 3.63) is 35.9 Å². The minimum atomic E-state index is 1.14. The van der Waals surface area contributed by atoms with Crippen LogP contribution in [0.15, 0.2) is 30.3 Å². The SMILES string of the molecule is CC.CCC.CCc1ccccc1. The highest BCUT2D eigenvalue weighted by atomic mass is 13.9. The topological polar surface area (TPSA) is 0 Å². The van der Waals surface area contributed by atoms with Crippen molar-refractivity contribution in [2.75, 3.05) is 0 Å². The van der Waals surface area contributed by atoms with Crippen molar-refractivity contribution in [2.45, 2.75) is 47.5 Å². The van der Waals surface area contributed by atoms with Gasteiger partial charge in [-0.2, -0.15) is 0 Å². The Labute approximate surface area is 84.0 Å². The van der Waals surface area contributed by atoms with E-state index in [2.05, 4.69) is 45.0 Å². The summed E-state index contributed by atoms with van der Waals surface area (Å²) < 4.78 is 0. The highest BCUT2D eigenvalue weighted by Gasteiger charge is 1.79. The molecule has 0 aliphatic heterocycles. The van der Waals surface area contributed by atoms with Crippen LogP contribution in [0, 0.1) is 0 Å². The molecule has 1 aromatic rings. The van der Waals surface area contributed by atoms with Crippen LogP contribution in [0.2, 0.25) is 0 Å². The van der Waals surface area contributed by atoms with E-state index in [1.54, 1.807) is 0 Å². The van der Waals surface area contributed by atoms with Crippen molar-refractivity contribution < 1.29 is 0 Å². The fourth-order valence-corrected chi connectivity index (χ4v) is 0.714. The quantitative estimate of drug-likeness (QED) is 0.588. The lowest BCUT2D eigenvalue weighted by molar-refractivity contribution is 1.09. The molecule has 0 aliphatic carbocycles. The molecule has 76 valence electrons. The molecular weight excluding hydrogens is 156 g/mol. The van der Waals surface area contributed by atoms with E-state index in [1.165, 1.54) is 12.0 Å². The zero-order valence-corrected chi connectivity index (χ0v) is 9.80. The van der Waals surface area contributed by atoms with Gasteiger partial charge in [0.15, 0.2) is 0 Å². The molecule has 0 amide bonds. The van der Waals surface area contributed by atoms with Crippen LogP contribution in [-0.4, -0.2) is 0 Å². The Morgan fingerprint density at radius 3 is 1.46 bits per heavy atom. The summed E-state index contributed by atoms with van der Waals surface area (Å²) in [6.07, 6.45) is 2.39. The Hall–Kier alpha value is -0.780. The first-order chi connectivity index (χ1) is 6.35. The maximum Gasteiger partial charge on any atom is -0.0307 e. The zero-order valence-electron chi connectivity index (χ0n) is 9.80. The highest BCUT2D eigenvalue weighted by molar-refractivity contribution is 5.13. The van der Waals surface area contributed by atoms with Crippen LogP contribution in [0.5, 0.6) is 0 Å². The predicted octanol–water partition coefficient (Wildman–Crippen LogP) is 4.69. The Bertz CT molecular complexity index is 153. The maximum absolute atomic E-state index is 2.16. The van der Waals surface area contributed by atoms with E-state index >= 15 is 0 Å². The Morgan fingerprint density at radius 2 is 1.23 bits per heavy atom. The molecule has 0 atom stereocenters. The summed E-state index contributed by atoms with van der Waals surface area (Å²) in [5.41, 5.74) is 1.41. The standard InChI is InChI=1S/C8H10.C3H8.C2H6/c1-2-8-6-4-3-5-7-8;1-3-2;1-2/h3-7H,2H2,1H3;3H2,1-2H3;1-2H3. The van der Waals surface area contributed by atoms with Crippen molar-refractivity contribution in [3.8, 4) is 0 Å². The summed E-state index contributed by atoms with van der Waals surface area (Å²) in [6, 6.07) is 10.5. The highest BCUT2D eigenvalue weighted by Crippen LogP contribution is 1.96. The molecule has 1 aromatic carbocycles. The molecule has 0 N–H and O–H groups in total. The first-order valence-electron chi connectivity index (χ1n) is 5.39. The number of benzene rings is 1. The summed E-state index contributed by atoms with van der Waals surface area (Å²) in [5, 5.41) is 0. The van der Waals surface area contributed by atoms with Crippen molar-refractivity contribution in [1.29, 1.82) is 0 Å². The molecule has 13 heavy (non-hydrogen) atoms. The molecule has 0 aromatic heterocycles. The van der Waals surface area contributed by atoms with Crippen LogP contribution in [0.1, 0.15) is 46.6 Å². The van der Waals surface area contributed by atoms with Crippen molar-refractivity contribution >= 4 is 0 Å². The van der Waals surface area contributed by atoms with Crippen LogP contribution in [-0.2, 0) is 6.42 Å². The molecule has 0 saturated heterocycles. The monoisotopic (exact) mass is 180 g/mol. The molecule has 0 unspecified atom stereocenters. The number of hydrogen-bond acceptors (Lipinski definition) is 0. The molecular formula is C13H24. The fraction of sp³-hybridized carbons (Fsp3) is 0.538. The molecule has 0 bridgehead atoms. The van der Waals surface area contributed by atoms with Crippen LogP contribution in [0.4, 0.5) is 0 Å². The zero-order chi connectivity index (χ0) is 10.5. The van der Waals surface area contributed by atoms with E-state index in [4.69, 9.17) is 0 Å². The molecule has 0 spiro atoms. The third-order valence-corrected chi connectivity index (χ3v) is 1.25. The normalized spacial score (nSPS) is 7.46. The molecule has 0 fully saturated rings. The van der Waals surface area contributed by atoms with Crippen LogP contribution in [0.3, 0.4) is 0 Å². The van der Waals surface area contributed by atoms with Crippen LogP contribution in [0.25, 0.3) is 0 Å². The van der Waals surface area contributed by atoms with Gasteiger partial charge in [-0.15, -0.1) is 0 Å². The second-order valence-electron chi connectivity index (χ2n) is 2.55. The molecule has 0 radical (unpaired) electrons. The molecule has 0 heteroatoms. The first-order valence-corrected chi connectivity index (χ1v) is 5.39. The van der Waals surface area contributed by atoms with Gasteiger partial charge in [0.2, 0.25) is 0 Å². The number of hydrogen-bond donors (Lipinski definition) is 0. The van der Waals surface area contributed by atoms with Gasteiger partial charge in [0.05, 0.1) is 0 Å².